The summed E-state index contributed by atoms with van der Waals surface area (Å²) in [5, 5.41) is 9.79. The van der Waals surface area contributed by atoms with Gasteiger partial charge in [0, 0.05) is 6.54 Å². The quantitative estimate of drug-likeness (QED) is 0.930. The van der Waals surface area contributed by atoms with E-state index in [-0.39, 0.29) is 16.6 Å². The minimum atomic E-state index is -1.17. The number of aliphatic hydroxyl groups excluding tert-OH is 1. The van der Waals surface area contributed by atoms with Crippen molar-refractivity contribution in [3.8, 4) is 11.1 Å². The molecule has 1 heterocycles. The third-order valence-electron chi connectivity index (χ3n) is 3.59. The average molecular weight is 334 g/mol. The van der Waals surface area contributed by atoms with Crippen molar-refractivity contribution in [1.29, 1.82) is 0 Å². The van der Waals surface area contributed by atoms with Crippen molar-refractivity contribution in [2.75, 3.05) is 0 Å². The zero-order valence-electron chi connectivity index (χ0n) is 11.5. The highest BCUT2D eigenvalue weighted by Gasteiger charge is 2.36. The average Bonchev–Trinajstić information content (AvgIpc) is 2.74. The van der Waals surface area contributed by atoms with Gasteiger partial charge in [0.25, 0.3) is 5.91 Å². The van der Waals surface area contributed by atoms with Crippen molar-refractivity contribution < 1.29 is 9.90 Å². The molecule has 2 aromatic rings. The number of hydrogen-bond acceptors (Lipinski definition) is 2. The largest absolute Gasteiger partial charge is 0.368 e. The zero-order chi connectivity index (χ0) is 15.7. The first-order valence-corrected chi connectivity index (χ1v) is 7.52. The molecule has 1 aliphatic rings. The summed E-state index contributed by atoms with van der Waals surface area (Å²) >= 11 is 11.6. The minimum absolute atomic E-state index is 0.0208. The van der Waals surface area contributed by atoms with Crippen LogP contribution in [0.5, 0.6) is 0 Å². The SMILES string of the molecule is O=C1C(Cl)=C(Cl)C(O)N1Cc1ccc(-c2ccccc2)cc1. The summed E-state index contributed by atoms with van der Waals surface area (Å²) in [6.45, 7) is 0.251. The Morgan fingerprint density at radius 3 is 2.09 bits per heavy atom. The lowest BCUT2D eigenvalue weighted by Crippen LogP contribution is -2.34. The molecule has 112 valence electrons. The molecular formula is C17H13Cl2NO2. The van der Waals surface area contributed by atoms with Crippen molar-refractivity contribution >= 4 is 29.1 Å². The van der Waals surface area contributed by atoms with Crippen molar-refractivity contribution in [2.45, 2.75) is 12.8 Å². The number of halogens is 2. The van der Waals surface area contributed by atoms with Crippen LogP contribution in [0.3, 0.4) is 0 Å². The van der Waals surface area contributed by atoms with Gasteiger partial charge in [0.2, 0.25) is 0 Å². The fraction of sp³-hybridized carbons (Fsp3) is 0.118. The fourth-order valence-electron chi connectivity index (χ4n) is 2.38. The number of hydrogen-bond donors (Lipinski definition) is 1. The molecule has 0 fully saturated rings. The highest BCUT2D eigenvalue weighted by atomic mass is 35.5. The van der Waals surface area contributed by atoms with E-state index in [4.69, 9.17) is 23.2 Å². The van der Waals surface area contributed by atoms with Crippen LogP contribution in [0.4, 0.5) is 0 Å². The van der Waals surface area contributed by atoms with Crippen LogP contribution in [0.1, 0.15) is 5.56 Å². The van der Waals surface area contributed by atoms with Gasteiger partial charge in [-0.25, -0.2) is 0 Å². The van der Waals surface area contributed by atoms with E-state index < -0.39 is 12.1 Å². The maximum Gasteiger partial charge on any atom is 0.269 e. The normalized spacial score (nSPS) is 18.2. The summed E-state index contributed by atoms with van der Waals surface area (Å²) in [6, 6.07) is 17.8. The van der Waals surface area contributed by atoms with E-state index in [0.29, 0.717) is 0 Å². The van der Waals surface area contributed by atoms with Crippen LogP contribution in [0.25, 0.3) is 11.1 Å². The summed E-state index contributed by atoms with van der Waals surface area (Å²) in [5.41, 5.74) is 3.11. The molecule has 0 spiro atoms. The van der Waals surface area contributed by atoms with Crippen molar-refractivity contribution in [2.24, 2.45) is 0 Å². The molecule has 1 aliphatic heterocycles. The maximum atomic E-state index is 11.9. The van der Waals surface area contributed by atoms with Crippen LogP contribution < -0.4 is 0 Å². The lowest BCUT2D eigenvalue weighted by atomic mass is 10.0. The standard InChI is InChI=1S/C17H13Cl2NO2/c18-14-15(19)17(22)20(16(14)21)10-11-6-8-13(9-7-11)12-4-2-1-3-5-12/h1-9,16,21H,10H2. The van der Waals surface area contributed by atoms with Crippen LogP contribution in [0.2, 0.25) is 0 Å². The predicted molar refractivity (Wildman–Crippen MR) is 87.2 cm³/mol. The zero-order valence-corrected chi connectivity index (χ0v) is 13.1. The summed E-state index contributed by atoms with van der Waals surface area (Å²) in [4.78, 5) is 13.1. The van der Waals surface area contributed by atoms with E-state index in [9.17, 15) is 9.90 Å². The second kappa shape index (κ2) is 6.13. The number of aliphatic hydroxyl groups is 1. The van der Waals surface area contributed by atoms with Crippen LogP contribution in [-0.4, -0.2) is 22.1 Å². The molecule has 0 aliphatic carbocycles. The molecule has 0 aromatic heterocycles. The highest BCUT2D eigenvalue weighted by Crippen LogP contribution is 2.31. The lowest BCUT2D eigenvalue weighted by molar-refractivity contribution is -0.132. The first-order valence-electron chi connectivity index (χ1n) is 6.76. The third-order valence-corrected chi connectivity index (χ3v) is 4.44. The summed E-state index contributed by atoms with van der Waals surface area (Å²) < 4.78 is 0. The Balaban J connectivity index is 1.77. The predicted octanol–water partition coefficient (Wildman–Crippen LogP) is 3.70. The molecular weight excluding hydrogens is 321 g/mol. The summed E-state index contributed by atoms with van der Waals surface area (Å²) in [7, 11) is 0. The van der Waals surface area contributed by atoms with Gasteiger partial charge in [-0.3, -0.25) is 4.79 Å². The first kappa shape index (κ1) is 15.1. The summed E-state index contributed by atoms with van der Waals surface area (Å²) in [6.07, 6.45) is -1.17. The van der Waals surface area contributed by atoms with Gasteiger partial charge in [0.05, 0.1) is 5.03 Å². The van der Waals surface area contributed by atoms with Gasteiger partial charge < -0.3 is 10.0 Å². The Morgan fingerprint density at radius 1 is 0.955 bits per heavy atom. The molecule has 3 nitrogen and oxygen atoms in total. The van der Waals surface area contributed by atoms with E-state index >= 15 is 0 Å². The number of benzene rings is 2. The molecule has 0 saturated heterocycles. The van der Waals surface area contributed by atoms with Gasteiger partial charge in [0.15, 0.2) is 6.23 Å². The Morgan fingerprint density at radius 2 is 1.55 bits per heavy atom. The Labute approximate surface area is 138 Å². The van der Waals surface area contributed by atoms with E-state index in [0.717, 1.165) is 16.7 Å². The van der Waals surface area contributed by atoms with Crippen LogP contribution in [0.15, 0.2) is 64.7 Å². The second-order valence-electron chi connectivity index (χ2n) is 5.03. The molecule has 3 rings (SSSR count). The first-order chi connectivity index (χ1) is 10.6. The van der Waals surface area contributed by atoms with Gasteiger partial charge in [-0.1, -0.05) is 77.8 Å². The molecule has 1 atom stereocenters. The molecule has 1 N–H and O–H groups in total. The van der Waals surface area contributed by atoms with E-state index in [1.807, 2.05) is 54.6 Å². The topological polar surface area (TPSA) is 40.5 Å². The van der Waals surface area contributed by atoms with Crippen LogP contribution >= 0.6 is 23.2 Å². The van der Waals surface area contributed by atoms with Gasteiger partial charge in [0.1, 0.15) is 5.03 Å². The number of nitrogens with zero attached hydrogens (tertiary/aromatic N) is 1. The van der Waals surface area contributed by atoms with Crippen LogP contribution in [0, 0.1) is 0 Å². The molecule has 1 amide bonds. The van der Waals surface area contributed by atoms with Crippen molar-refractivity contribution in [3.05, 3.63) is 70.2 Å². The molecule has 0 bridgehead atoms. The molecule has 0 saturated carbocycles. The minimum Gasteiger partial charge on any atom is -0.368 e. The van der Waals surface area contributed by atoms with Crippen molar-refractivity contribution in [3.63, 3.8) is 0 Å². The molecule has 1 unspecified atom stereocenters. The summed E-state index contributed by atoms with van der Waals surface area (Å²) in [5.74, 6) is -0.452. The smallest absolute Gasteiger partial charge is 0.269 e. The van der Waals surface area contributed by atoms with Gasteiger partial charge in [-0.15, -0.1) is 0 Å². The third kappa shape index (κ3) is 2.75. The Hall–Kier alpha value is -1.81. The number of rotatable bonds is 3. The monoisotopic (exact) mass is 333 g/mol. The van der Waals surface area contributed by atoms with Crippen molar-refractivity contribution in [1.82, 2.24) is 4.90 Å². The molecule has 2 aromatic carbocycles. The molecule has 0 radical (unpaired) electrons. The van der Waals surface area contributed by atoms with Gasteiger partial charge >= 0.3 is 0 Å². The van der Waals surface area contributed by atoms with Crippen LogP contribution in [-0.2, 0) is 11.3 Å². The van der Waals surface area contributed by atoms with Gasteiger partial charge in [-0.2, -0.15) is 0 Å². The Kier molecular flexibility index (Phi) is 4.21. The fourth-order valence-corrected chi connectivity index (χ4v) is 2.78. The highest BCUT2D eigenvalue weighted by molar-refractivity contribution is 6.49. The molecule has 22 heavy (non-hydrogen) atoms. The number of carbonyl (C=O) groups excluding carboxylic acids is 1. The second-order valence-corrected chi connectivity index (χ2v) is 5.82. The van der Waals surface area contributed by atoms with E-state index in [1.165, 1.54) is 4.90 Å². The van der Waals surface area contributed by atoms with Gasteiger partial charge in [-0.05, 0) is 16.7 Å². The number of amides is 1. The lowest BCUT2D eigenvalue weighted by Gasteiger charge is -2.21. The van der Waals surface area contributed by atoms with E-state index in [1.54, 1.807) is 0 Å². The van der Waals surface area contributed by atoms with E-state index in [2.05, 4.69) is 0 Å². The molecule has 5 heteroatoms. The maximum absolute atomic E-state index is 11.9. The number of carbonyl (C=O) groups is 1. The Bertz CT molecular complexity index is 726.